The molecule has 0 aliphatic carbocycles. The fourth-order valence-corrected chi connectivity index (χ4v) is 1.34. The van der Waals surface area contributed by atoms with Crippen LogP contribution in [0.3, 0.4) is 0 Å². The van der Waals surface area contributed by atoms with Crippen LogP contribution < -0.4 is 10.5 Å². The minimum atomic E-state index is 0.455. The number of nitrogens with zero attached hydrogens (tertiary/aromatic N) is 2. The van der Waals surface area contributed by atoms with Crippen molar-refractivity contribution in [2.45, 2.75) is 13.5 Å². The van der Waals surface area contributed by atoms with Crippen molar-refractivity contribution in [2.75, 3.05) is 0 Å². The van der Waals surface area contributed by atoms with Crippen molar-refractivity contribution in [3.8, 4) is 11.5 Å². The van der Waals surface area contributed by atoms with Crippen LogP contribution in [0.25, 0.3) is 0 Å². The third-order valence-corrected chi connectivity index (χ3v) is 2.19. The van der Waals surface area contributed by atoms with Gasteiger partial charge in [0, 0.05) is 18.9 Å². The van der Waals surface area contributed by atoms with Crippen LogP contribution in [0.2, 0.25) is 0 Å². The van der Waals surface area contributed by atoms with Gasteiger partial charge in [-0.3, -0.25) is 9.97 Å². The normalized spacial score (nSPS) is 10.1. The molecule has 2 aromatic rings. The van der Waals surface area contributed by atoms with Gasteiger partial charge in [0.2, 0.25) is 0 Å². The Morgan fingerprint density at radius 1 is 1.38 bits per heavy atom. The molecule has 4 heteroatoms. The van der Waals surface area contributed by atoms with Gasteiger partial charge in [-0.1, -0.05) is 0 Å². The molecule has 2 N–H and O–H groups in total. The van der Waals surface area contributed by atoms with Crippen molar-refractivity contribution in [1.29, 1.82) is 0 Å². The van der Waals surface area contributed by atoms with E-state index in [2.05, 4.69) is 9.97 Å². The molecule has 2 rings (SSSR count). The van der Waals surface area contributed by atoms with Crippen LogP contribution in [-0.2, 0) is 6.54 Å². The molecular formula is C12H13N3O. The molecule has 2 heterocycles. The number of rotatable bonds is 3. The number of aryl methyl sites for hydroxylation is 1. The average molecular weight is 215 g/mol. The summed E-state index contributed by atoms with van der Waals surface area (Å²) in [5.41, 5.74) is 7.33. The van der Waals surface area contributed by atoms with Crippen LogP contribution in [0.15, 0.2) is 36.8 Å². The fraction of sp³-hybridized carbons (Fsp3) is 0.167. The van der Waals surface area contributed by atoms with Gasteiger partial charge in [-0.25, -0.2) is 0 Å². The zero-order valence-corrected chi connectivity index (χ0v) is 9.05. The van der Waals surface area contributed by atoms with Crippen LogP contribution >= 0.6 is 0 Å². The predicted octanol–water partition coefficient (Wildman–Crippen LogP) is 2.04. The molecule has 0 bridgehead atoms. The Labute approximate surface area is 94.1 Å². The number of ether oxygens (including phenoxy) is 1. The lowest BCUT2D eigenvalue weighted by Crippen LogP contribution is -1.97. The summed E-state index contributed by atoms with van der Waals surface area (Å²) in [5, 5.41) is 0. The summed E-state index contributed by atoms with van der Waals surface area (Å²) in [4.78, 5) is 8.20. The van der Waals surface area contributed by atoms with Crippen LogP contribution in [-0.4, -0.2) is 9.97 Å². The van der Waals surface area contributed by atoms with E-state index in [1.807, 2.05) is 25.1 Å². The summed E-state index contributed by atoms with van der Waals surface area (Å²) in [5.74, 6) is 1.41. The molecule has 0 amide bonds. The second-order valence-corrected chi connectivity index (χ2v) is 3.42. The number of hydrogen-bond acceptors (Lipinski definition) is 4. The molecule has 82 valence electrons. The Morgan fingerprint density at radius 3 is 3.00 bits per heavy atom. The quantitative estimate of drug-likeness (QED) is 0.851. The number of nitrogens with two attached hydrogens (primary N) is 1. The van der Waals surface area contributed by atoms with E-state index in [-0.39, 0.29) is 0 Å². The van der Waals surface area contributed by atoms with Crippen molar-refractivity contribution in [1.82, 2.24) is 9.97 Å². The van der Waals surface area contributed by atoms with Crippen molar-refractivity contribution < 1.29 is 4.74 Å². The highest BCUT2D eigenvalue weighted by Gasteiger charge is 2.02. The molecule has 0 spiro atoms. The minimum Gasteiger partial charge on any atom is -0.454 e. The Balaban J connectivity index is 2.24. The number of hydrogen-bond donors (Lipinski definition) is 1. The zero-order valence-electron chi connectivity index (χ0n) is 9.05. The molecule has 0 aliphatic rings. The summed E-state index contributed by atoms with van der Waals surface area (Å²) in [7, 11) is 0. The standard InChI is InChI=1S/C12H13N3O/c1-9-12(3-2-4-15-9)16-11-5-10(6-13)7-14-8-11/h2-5,7-8H,6,13H2,1H3. The third-order valence-electron chi connectivity index (χ3n) is 2.19. The smallest absolute Gasteiger partial charge is 0.148 e. The summed E-state index contributed by atoms with van der Waals surface area (Å²) >= 11 is 0. The van der Waals surface area contributed by atoms with Crippen LogP contribution in [0, 0.1) is 6.92 Å². The van der Waals surface area contributed by atoms with Crippen molar-refractivity contribution in [2.24, 2.45) is 5.73 Å². The lowest BCUT2D eigenvalue weighted by molar-refractivity contribution is 0.472. The third kappa shape index (κ3) is 2.35. The summed E-state index contributed by atoms with van der Waals surface area (Å²) in [6.07, 6.45) is 5.12. The predicted molar refractivity (Wildman–Crippen MR) is 61.2 cm³/mol. The first kappa shape index (κ1) is 10.6. The Bertz CT molecular complexity index is 485. The molecule has 2 aromatic heterocycles. The first-order valence-corrected chi connectivity index (χ1v) is 5.03. The van der Waals surface area contributed by atoms with Gasteiger partial charge in [-0.2, -0.15) is 0 Å². The van der Waals surface area contributed by atoms with Gasteiger partial charge in [-0.05, 0) is 30.7 Å². The lowest BCUT2D eigenvalue weighted by Gasteiger charge is -2.07. The van der Waals surface area contributed by atoms with E-state index in [4.69, 9.17) is 10.5 Å². The largest absolute Gasteiger partial charge is 0.454 e. The number of aromatic nitrogens is 2. The highest BCUT2D eigenvalue weighted by Crippen LogP contribution is 2.22. The summed E-state index contributed by atoms with van der Waals surface area (Å²) < 4.78 is 5.67. The van der Waals surface area contributed by atoms with Crippen LogP contribution in [0.1, 0.15) is 11.3 Å². The monoisotopic (exact) mass is 215 g/mol. The van der Waals surface area contributed by atoms with Crippen LogP contribution in [0.5, 0.6) is 11.5 Å². The minimum absolute atomic E-state index is 0.455. The highest BCUT2D eigenvalue weighted by molar-refractivity contribution is 5.33. The van der Waals surface area contributed by atoms with Gasteiger partial charge in [0.25, 0.3) is 0 Å². The molecule has 0 fully saturated rings. The molecular weight excluding hydrogens is 202 g/mol. The van der Waals surface area contributed by atoms with Crippen LogP contribution in [0.4, 0.5) is 0 Å². The molecule has 0 aromatic carbocycles. The molecule has 16 heavy (non-hydrogen) atoms. The maximum absolute atomic E-state index is 5.67. The maximum Gasteiger partial charge on any atom is 0.148 e. The Kier molecular flexibility index (Phi) is 3.12. The average Bonchev–Trinajstić information content (AvgIpc) is 2.32. The lowest BCUT2D eigenvalue weighted by atomic mass is 10.3. The van der Waals surface area contributed by atoms with E-state index in [1.54, 1.807) is 18.6 Å². The van der Waals surface area contributed by atoms with E-state index >= 15 is 0 Å². The van der Waals surface area contributed by atoms with Crippen molar-refractivity contribution >= 4 is 0 Å². The first-order chi connectivity index (χ1) is 7.79. The summed E-state index contributed by atoms with van der Waals surface area (Å²) in [6.45, 7) is 2.35. The van der Waals surface area contributed by atoms with Crippen molar-refractivity contribution in [3.05, 3.63) is 48.0 Å². The molecule has 0 saturated carbocycles. The van der Waals surface area contributed by atoms with E-state index < -0.39 is 0 Å². The molecule has 0 saturated heterocycles. The SMILES string of the molecule is Cc1ncccc1Oc1cncc(CN)c1. The molecule has 0 atom stereocenters. The fourth-order valence-electron chi connectivity index (χ4n) is 1.34. The van der Waals surface area contributed by atoms with E-state index in [9.17, 15) is 0 Å². The van der Waals surface area contributed by atoms with E-state index in [1.165, 1.54) is 0 Å². The maximum atomic E-state index is 5.67. The topological polar surface area (TPSA) is 61.0 Å². The Morgan fingerprint density at radius 2 is 2.25 bits per heavy atom. The van der Waals surface area contributed by atoms with Gasteiger partial charge in [-0.15, -0.1) is 0 Å². The highest BCUT2D eigenvalue weighted by atomic mass is 16.5. The zero-order chi connectivity index (χ0) is 11.4. The molecule has 0 radical (unpaired) electrons. The van der Waals surface area contributed by atoms with Gasteiger partial charge in [0.15, 0.2) is 0 Å². The van der Waals surface area contributed by atoms with Crippen molar-refractivity contribution in [3.63, 3.8) is 0 Å². The number of pyridine rings is 2. The molecule has 4 nitrogen and oxygen atoms in total. The molecule has 0 unspecified atom stereocenters. The second kappa shape index (κ2) is 4.72. The first-order valence-electron chi connectivity index (χ1n) is 5.03. The van der Waals surface area contributed by atoms with Gasteiger partial charge in [0.05, 0.1) is 11.9 Å². The van der Waals surface area contributed by atoms with E-state index in [0.29, 0.717) is 12.3 Å². The Hall–Kier alpha value is -1.94. The second-order valence-electron chi connectivity index (χ2n) is 3.42. The molecule has 0 aliphatic heterocycles. The van der Waals surface area contributed by atoms with Gasteiger partial charge >= 0.3 is 0 Å². The van der Waals surface area contributed by atoms with Gasteiger partial charge in [0.1, 0.15) is 11.5 Å². The van der Waals surface area contributed by atoms with E-state index in [0.717, 1.165) is 17.0 Å². The van der Waals surface area contributed by atoms with Gasteiger partial charge < -0.3 is 10.5 Å². The summed E-state index contributed by atoms with van der Waals surface area (Å²) in [6, 6.07) is 5.58.